The Labute approximate surface area is 123 Å². The first-order valence-electron chi connectivity index (χ1n) is 7.08. The fraction of sp³-hybridized carbons (Fsp3) is 0.714. The molecule has 1 atom stereocenters. The third-order valence-electron chi connectivity index (χ3n) is 4.04. The highest BCUT2D eigenvalue weighted by molar-refractivity contribution is 7.88. The summed E-state index contributed by atoms with van der Waals surface area (Å²) in [6, 6.07) is 0. The lowest BCUT2D eigenvalue weighted by Crippen LogP contribution is -2.37. The molecule has 0 saturated carbocycles. The van der Waals surface area contributed by atoms with Gasteiger partial charge in [-0.25, -0.2) is 13.1 Å². The van der Waals surface area contributed by atoms with Gasteiger partial charge >= 0.3 is 0 Å². The molecule has 5 nitrogen and oxygen atoms in total. The third kappa shape index (κ3) is 4.52. The van der Waals surface area contributed by atoms with Gasteiger partial charge < -0.3 is 10.6 Å². The predicted molar refractivity (Wildman–Crippen MR) is 83.5 cm³/mol. The molecule has 0 amide bonds. The van der Waals surface area contributed by atoms with Crippen molar-refractivity contribution in [3.63, 3.8) is 0 Å². The van der Waals surface area contributed by atoms with Crippen molar-refractivity contribution in [1.82, 2.24) is 9.62 Å². The number of hydrogen-bond acceptors (Lipinski definition) is 4. The highest BCUT2D eigenvalue weighted by Gasteiger charge is 2.30. The lowest BCUT2D eigenvalue weighted by atomic mass is 9.77. The number of allylic oxidation sites excluding steroid dienone is 4. The van der Waals surface area contributed by atoms with Crippen LogP contribution < -0.4 is 10.5 Å². The van der Waals surface area contributed by atoms with Crippen LogP contribution in [0.15, 0.2) is 23.5 Å². The molecule has 0 aliphatic heterocycles. The van der Waals surface area contributed by atoms with E-state index in [1.165, 1.54) is 12.0 Å². The summed E-state index contributed by atoms with van der Waals surface area (Å²) in [6.45, 7) is 8.34. The van der Waals surface area contributed by atoms with Crippen molar-refractivity contribution in [2.75, 3.05) is 25.9 Å². The first kappa shape index (κ1) is 17.0. The van der Waals surface area contributed by atoms with E-state index in [1.54, 1.807) is 0 Å². The van der Waals surface area contributed by atoms with Gasteiger partial charge in [0.25, 0.3) is 0 Å². The van der Waals surface area contributed by atoms with Gasteiger partial charge in [0.05, 0.1) is 6.26 Å². The lowest BCUT2D eigenvalue weighted by molar-refractivity contribution is 0.285. The Morgan fingerprint density at radius 3 is 2.55 bits per heavy atom. The van der Waals surface area contributed by atoms with Crippen LogP contribution >= 0.6 is 0 Å². The average Bonchev–Trinajstić information content (AvgIpc) is 2.37. The van der Waals surface area contributed by atoms with Gasteiger partial charge in [-0.2, -0.15) is 0 Å². The second-order valence-corrected chi connectivity index (χ2v) is 7.45. The number of hydrogen-bond donors (Lipinski definition) is 2. The molecule has 1 rings (SSSR count). The molecule has 0 radical (unpaired) electrons. The van der Waals surface area contributed by atoms with Crippen molar-refractivity contribution < 1.29 is 8.42 Å². The van der Waals surface area contributed by atoms with E-state index in [2.05, 4.69) is 36.5 Å². The largest absolute Gasteiger partial charge is 0.402 e. The normalized spacial score (nSPS) is 23.2. The number of sulfonamides is 1. The van der Waals surface area contributed by atoms with Crippen molar-refractivity contribution in [2.45, 2.75) is 33.6 Å². The molecule has 1 aliphatic rings. The zero-order chi connectivity index (χ0) is 15.4. The van der Waals surface area contributed by atoms with Crippen LogP contribution in [0, 0.1) is 5.41 Å². The highest BCUT2D eigenvalue weighted by Crippen LogP contribution is 2.38. The second kappa shape index (κ2) is 6.63. The van der Waals surface area contributed by atoms with E-state index in [9.17, 15) is 8.42 Å². The van der Waals surface area contributed by atoms with Gasteiger partial charge in [-0.15, -0.1) is 0 Å². The van der Waals surface area contributed by atoms with Crippen molar-refractivity contribution in [3.05, 3.63) is 23.5 Å². The molecule has 20 heavy (non-hydrogen) atoms. The van der Waals surface area contributed by atoms with Gasteiger partial charge in [-0.05, 0) is 31.9 Å². The summed E-state index contributed by atoms with van der Waals surface area (Å²) in [5, 5.41) is 0. The molecule has 0 saturated heterocycles. The Morgan fingerprint density at radius 1 is 1.40 bits per heavy atom. The fourth-order valence-electron chi connectivity index (χ4n) is 2.37. The molecule has 6 heteroatoms. The molecule has 0 spiro atoms. The highest BCUT2D eigenvalue weighted by atomic mass is 32.2. The number of nitrogens with zero attached hydrogens (tertiary/aromatic N) is 1. The van der Waals surface area contributed by atoms with Crippen LogP contribution in [0.2, 0.25) is 0 Å². The zero-order valence-electron chi connectivity index (χ0n) is 12.9. The van der Waals surface area contributed by atoms with Gasteiger partial charge in [0.2, 0.25) is 10.0 Å². The maximum atomic E-state index is 11.1. The van der Waals surface area contributed by atoms with Gasteiger partial charge in [-0.3, -0.25) is 0 Å². The molecule has 1 unspecified atom stereocenters. The number of rotatable bonds is 7. The van der Waals surface area contributed by atoms with Gasteiger partial charge in [0.1, 0.15) is 0 Å². The molecule has 0 bridgehead atoms. The predicted octanol–water partition coefficient (Wildman–Crippen LogP) is 1.40. The molecule has 0 aromatic carbocycles. The van der Waals surface area contributed by atoms with E-state index in [0.717, 1.165) is 25.1 Å². The molecular weight excluding hydrogens is 274 g/mol. The van der Waals surface area contributed by atoms with Crippen LogP contribution in [0.25, 0.3) is 0 Å². The van der Waals surface area contributed by atoms with E-state index in [-0.39, 0.29) is 5.41 Å². The average molecular weight is 301 g/mol. The monoisotopic (exact) mass is 301 g/mol. The van der Waals surface area contributed by atoms with E-state index in [1.807, 2.05) is 6.08 Å². The Hall–Kier alpha value is -1.01. The SMILES string of the molecule is CCN(CCNS(C)(=O)=O)C1=CC=C(N)C(C)(CC)C1. The summed E-state index contributed by atoms with van der Waals surface area (Å²) in [7, 11) is -3.12. The topological polar surface area (TPSA) is 75.4 Å². The van der Waals surface area contributed by atoms with E-state index < -0.39 is 10.0 Å². The summed E-state index contributed by atoms with van der Waals surface area (Å²) in [6.07, 6.45) is 7.11. The summed E-state index contributed by atoms with van der Waals surface area (Å²) in [5.74, 6) is 0. The number of nitrogens with two attached hydrogens (primary N) is 1. The second-order valence-electron chi connectivity index (χ2n) is 5.62. The van der Waals surface area contributed by atoms with Crippen LogP contribution in [0.4, 0.5) is 0 Å². The molecule has 116 valence electrons. The summed E-state index contributed by atoms with van der Waals surface area (Å²) < 4.78 is 24.7. The summed E-state index contributed by atoms with van der Waals surface area (Å²) in [4.78, 5) is 2.20. The van der Waals surface area contributed by atoms with Gasteiger partial charge in [-0.1, -0.05) is 13.8 Å². The Balaban J connectivity index is 2.71. The maximum Gasteiger partial charge on any atom is 0.208 e. The number of nitrogens with one attached hydrogen (secondary N) is 1. The molecule has 0 aromatic heterocycles. The maximum absolute atomic E-state index is 11.1. The van der Waals surface area contributed by atoms with Crippen LogP contribution in [-0.2, 0) is 10.0 Å². The first-order chi connectivity index (χ1) is 9.22. The molecule has 3 N–H and O–H groups in total. The zero-order valence-corrected chi connectivity index (χ0v) is 13.8. The fourth-order valence-corrected chi connectivity index (χ4v) is 2.83. The van der Waals surface area contributed by atoms with Crippen molar-refractivity contribution in [2.24, 2.45) is 11.1 Å². The smallest absolute Gasteiger partial charge is 0.208 e. The van der Waals surface area contributed by atoms with E-state index >= 15 is 0 Å². The lowest BCUT2D eigenvalue weighted by Gasteiger charge is -2.37. The standard InChI is InChI=1S/C14H27N3O2S/c1-5-14(3)11-12(7-8-13(14)15)17(6-2)10-9-16-20(4,18)19/h7-8,16H,5-6,9-11,15H2,1-4H3. The summed E-state index contributed by atoms with van der Waals surface area (Å²) >= 11 is 0. The van der Waals surface area contributed by atoms with Gasteiger partial charge in [0.15, 0.2) is 0 Å². The summed E-state index contributed by atoms with van der Waals surface area (Å²) in [5.41, 5.74) is 8.24. The molecule has 1 aliphatic carbocycles. The van der Waals surface area contributed by atoms with E-state index in [4.69, 9.17) is 5.73 Å². The van der Waals surface area contributed by atoms with Gasteiger partial charge in [0, 0.05) is 36.4 Å². The minimum Gasteiger partial charge on any atom is -0.402 e. The van der Waals surface area contributed by atoms with E-state index in [0.29, 0.717) is 13.1 Å². The van der Waals surface area contributed by atoms with Crippen LogP contribution in [0.5, 0.6) is 0 Å². The molecular formula is C14H27N3O2S. The van der Waals surface area contributed by atoms with Crippen LogP contribution in [0.3, 0.4) is 0 Å². The minimum atomic E-state index is -3.12. The van der Waals surface area contributed by atoms with Crippen molar-refractivity contribution >= 4 is 10.0 Å². The van der Waals surface area contributed by atoms with Crippen molar-refractivity contribution in [3.8, 4) is 0 Å². The molecule has 0 fully saturated rings. The molecule has 0 heterocycles. The Kier molecular flexibility index (Phi) is 5.65. The van der Waals surface area contributed by atoms with Crippen LogP contribution in [-0.4, -0.2) is 39.2 Å². The quantitative estimate of drug-likeness (QED) is 0.745. The van der Waals surface area contributed by atoms with Crippen LogP contribution in [0.1, 0.15) is 33.6 Å². The number of likely N-dealkylation sites (N-methyl/N-ethyl adjacent to an activating group) is 1. The Morgan fingerprint density at radius 2 is 2.05 bits per heavy atom. The Bertz CT molecular complexity index is 497. The van der Waals surface area contributed by atoms with Crippen molar-refractivity contribution in [1.29, 1.82) is 0 Å². The minimum absolute atomic E-state index is 0.00175. The first-order valence-corrected chi connectivity index (χ1v) is 8.97. The third-order valence-corrected chi connectivity index (χ3v) is 4.77. The molecule has 0 aromatic rings.